The molecule has 0 radical (unpaired) electrons. The van der Waals surface area contributed by atoms with Gasteiger partial charge in [0.2, 0.25) is 17.7 Å². The number of amides is 3. The number of carbonyl (C=O) groups is 4. The molecule has 138 valence electrons. The fourth-order valence-corrected chi connectivity index (χ4v) is 1.89. The van der Waals surface area contributed by atoms with E-state index in [-0.39, 0.29) is 18.9 Å². The maximum Gasteiger partial charge on any atom is 0.322 e. The van der Waals surface area contributed by atoms with Gasteiger partial charge in [-0.15, -0.1) is 0 Å². The molecular weight excluding hydrogens is 320 g/mol. The van der Waals surface area contributed by atoms with Gasteiger partial charge < -0.3 is 31.9 Å². The maximum atomic E-state index is 12.2. The van der Waals surface area contributed by atoms with Crippen molar-refractivity contribution in [3.05, 3.63) is 0 Å². The average molecular weight is 346 g/mol. The van der Waals surface area contributed by atoms with Crippen LogP contribution in [0.3, 0.4) is 0 Å². The first-order valence-corrected chi connectivity index (χ1v) is 7.55. The highest BCUT2D eigenvalue weighted by Gasteiger charge is 2.29. The standard InChI is InChI=1S/C14H26N4O6/c1-7(2)4-9(13(23)16-6-11(21)22)17-14(24)12(8(3)19)18-10(20)5-15/h7-9,12,19H,4-6,15H2,1-3H3,(H,16,23)(H,17,24)(H,18,20)(H,21,22). The van der Waals surface area contributed by atoms with Gasteiger partial charge in [0, 0.05) is 0 Å². The number of nitrogens with two attached hydrogens (primary N) is 1. The van der Waals surface area contributed by atoms with E-state index in [4.69, 9.17) is 10.8 Å². The zero-order valence-electron chi connectivity index (χ0n) is 14.0. The topological polar surface area (TPSA) is 171 Å². The first-order chi connectivity index (χ1) is 11.1. The molecule has 0 aromatic carbocycles. The second-order valence-electron chi connectivity index (χ2n) is 5.79. The highest BCUT2D eigenvalue weighted by Crippen LogP contribution is 2.06. The van der Waals surface area contributed by atoms with Crippen molar-refractivity contribution in [1.29, 1.82) is 0 Å². The third kappa shape index (κ3) is 8.44. The first-order valence-electron chi connectivity index (χ1n) is 7.55. The van der Waals surface area contributed by atoms with Gasteiger partial charge in [-0.1, -0.05) is 13.8 Å². The minimum absolute atomic E-state index is 0.0366. The highest BCUT2D eigenvalue weighted by atomic mass is 16.4. The van der Waals surface area contributed by atoms with Gasteiger partial charge in [0.1, 0.15) is 18.6 Å². The predicted octanol–water partition coefficient (Wildman–Crippen LogP) is -2.46. The van der Waals surface area contributed by atoms with Crippen LogP contribution in [0, 0.1) is 5.92 Å². The van der Waals surface area contributed by atoms with Gasteiger partial charge in [0.05, 0.1) is 12.6 Å². The lowest BCUT2D eigenvalue weighted by Gasteiger charge is -2.25. The zero-order valence-corrected chi connectivity index (χ0v) is 14.0. The van der Waals surface area contributed by atoms with Gasteiger partial charge in [-0.3, -0.25) is 19.2 Å². The molecule has 24 heavy (non-hydrogen) atoms. The van der Waals surface area contributed by atoms with Crippen molar-refractivity contribution >= 4 is 23.7 Å². The molecule has 0 aliphatic heterocycles. The van der Waals surface area contributed by atoms with E-state index in [1.807, 2.05) is 13.8 Å². The Morgan fingerprint density at radius 2 is 1.62 bits per heavy atom. The summed E-state index contributed by atoms with van der Waals surface area (Å²) in [6.07, 6.45) is -0.948. The van der Waals surface area contributed by atoms with Crippen LogP contribution in [-0.2, 0) is 19.2 Å². The van der Waals surface area contributed by atoms with Crippen LogP contribution in [-0.4, -0.2) is 65.2 Å². The van der Waals surface area contributed by atoms with E-state index < -0.39 is 48.4 Å². The summed E-state index contributed by atoms with van der Waals surface area (Å²) in [5.41, 5.74) is 5.16. The summed E-state index contributed by atoms with van der Waals surface area (Å²) in [5, 5.41) is 25.1. The minimum Gasteiger partial charge on any atom is -0.480 e. The number of carbonyl (C=O) groups excluding carboxylic acids is 3. The predicted molar refractivity (Wildman–Crippen MR) is 84.7 cm³/mol. The van der Waals surface area contributed by atoms with Crippen LogP contribution in [0.1, 0.15) is 27.2 Å². The van der Waals surface area contributed by atoms with Crippen molar-refractivity contribution in [2.24, 2.45) is 11.7 Å². The molecule has 0 heterocycles. The van der Waals surface area contributed by atoms with Crippen molar-refractivity contribution in [3.8, 4) is 0 Å². The second-order valence-corrected chi connectivity index (χ2v) is 5.79. The fourth-order valence-electron chi connectivity index (χ4n) is 1.89. The Morgan fingerprint density at radius 1 is 1.04 bits per heavy atom. The molecule has 0 saturated carbocycles. The third-order valence-corrected chi connectivity index (χ3v) is 3.02. The summed E-state index contributed by atoms with van der Waals surface area (Å²) in [7, 11) is 0. The van der Waals surface area contributed by atoms with Crippen LogP contribution >= 0.6 is 0 Å². The van der Waals surface area contributed by atoms with Crippen LogP contribution in [0.25, 0.3) is 0 Å². The molecule has 0 aliphatic rings. The van der Waals surface area contributed by atoms with E-state index >= 15 is 0 Å². The number of rotatable bonds is 10. The molecule has 0 bridgehead atoms. The zero-order chi connectivity index (χ0) is 18.9. The van der Waals surface area contributed by atoms with Crippen LogP contribution in [0.15, 0.2) is 0 Å². The monoisotopic (exact) mass is 346 g/mol. The Balaban J connectivity index is 5.01. The maximum absolute atomic E-state index is 12.2. The molecule has 3 atom stereocenters. The van der Waals surface area contributed by atoms with Crippen molar-refractivity contribution in [3.63, 3.8) is 0 Å². The van der Waals surface area contributed by atoms with E-state index in [2.05, 4.69) is 16.0 Å². The Kier molecular flexibility index (Phi) is 9.58. The molecule has 0 aromatic rings. The van der Waals surface area contributed by atoms with Gasteiger partial charge >= 0.3 is 5.97 Å². The SMILES string of the molecule is CC(C)CC(NC(=O)C(NC(=O)CN)C(C)O)C(=O)NCC(=O)O. The van der Waals surface area contributed by atoms with Crippen molar-refractivity contribution < 1.29 is 29.4 Å². The van der Waals surface area contributed by atoms with E-state index in [9.17, 15) is 24.3 Å². The minimum atomic E-state index is -1.28. The fraction of sp³-hybridized carbons (Fsp3) is 0.714. The summed E-state index contributed by atoms with van der Waals surface area (Å²) in [5.74, 6) is -3.23. The molecule has 0 saturated heterocycles. The first kappa shape index (κ1) is 21.8. The molecule has 3 unspecified atom stereocenters. The number of carboxylic acids is 1. The van der Waals surface area contributed by atoms with E-state index in [1.54, 1.807) is 0 Å². The lowest BCUT2D eigenvalue weighted by atomic mass is 10.0. The Hall–Kier alpha value is -2.20. The molecule has 0 rings (SSSR count). The van der Waals surface area contributed by atoms with Gasteiger partial charge in [-0.05, 0) is 19.3 Å². The van der Waals surface area contributed by atoms with Crippen molar-refractivity contribution in [2.75, 3.05) is 13.1 Å². The normalized spacial score (nSPS) is 14.4. The van der Waals surface area contributed by atoms with E-state index in [1.165, 1.54) is 6.92 Å². The molecule has 0 spiro atoms. The molecule has 7 N–H and O–H groups in total. The lowest BCUT2D eigenvalue weighted by molar-refractivity contribution is -0.138. The quantitative estimate of drug-likeness (QED) is 0.255. The van der Waals surface area contributed by atoms with Crippen LogP contribution in [0.2, 0.25) is 0 Å². The van der Waals surface area contributed by atoms with Gasteiger partial charge in [-0.2, -0.15) is 0 Å². The largest absolute Gasteiger partial charge is 0.480 e. The van der Waals surface area contributed by atoms with E-state index in [0.29, 0.717) is 0 Å². The Bertz CT molecular complexity index is 466. The number of nitrogens with one attached hydrogen (secondary N) is 3. The number of aliphatic carboxylic acids is 1. The number of hydrogen-bond acceptors (Lipinski definition) is 6. The number of carboxylic acid groups (broad SMARTS) is 1. The smallest absolute Gasteiger partial charge is 0.322 e. The number of aliphatic hydroxyl groups excluding tert-OH is 1. The third-order valence-electron chi connectivity index (χ3n) is 3.02. The highest BCUT2D eigenvalue weighted by molar-refractivity contribution is 5.93. The van der Waals surface area contributed by atoms with Crippen LogP contribution in [0.4, 0.5) is 0 Å². The van der Waals surface area contributed by atoms with Gasteiger partial charge in [-0.25, -0.2) is 0 Å². The van der Waals surface area contributed by atoms with Crippen molar-refractivity contribution in [2.45, 2.75) is 45.4 Å². The summed E-state index contributed by atoms with van der Waals surface area (Å²) in [4.78, 5) is 46.1. The average Bonchev–Trinajstić information content (AvgIpc) is 2.48. The number of aliphatic hydroxyl groups is 1. The van der Waals surface area contributed by atoms with Gasteiger partial charge in [0.15, 0.2) is 0 Å². The lowest BCUT2D eigenvalue weighted by Crippen LogP contribution is -2.58. The molecule has 0 aromatic heterocycles. The van der Waals surface area contributed by atoms with Crippen LogP contribution in [0.5, 0.6) is 0 Å². The van der Waals surface area contributed by atoms with Crippen LogP contribution < -0.4 is 21.7 Å². The summed E-state index contributed by atoms with van der Waals surface area (Å²) < 4.78 is 0. The summed E-state index contributed by atoms with van der Waals surface area (Å²) >= 11 is 0. The summed E-state index contributed by atoms with van der Waals surface area (Å²) in [6.45, 7) is 4.03. The Labute approximate surface area is 140 Å². The second kappa shape index (κ2) is 10.6. The van der Waals surface area contributed by atoms with Gasteiger partial charge in [0.25, 0.3) is 0 Å². The summed E-state index contributed by atoms with van der Waals surface area (Å²) in [6, 6.07) is -2.27. The Morgan fingerprint density at radius 3 is 2.04 bits per heavy atom. The van der Waals surface area contributed by atoms with E-state index in [0.717, 1.165) is 0 Å². The molecule has 10 heteroatoms. The van der Waals surface area contributed by atoms with Crippen molar-refractivity contribution in [1.82, 2.24) is 16.0 Å². The molecule has 0 fully saturated rings. The molecule has 3 amide bonds. The molecule has 10 nitrogen and oxygen atoms in total. The molecule has 0 aliphatic carbocycles. The molecular formula is C14H26N4O6. The number of hydrogen-bond donors (Lipinski definition) is 6.